The van der Waals surface area contributed by atoms with E-state index in [1.807, 2.05) is 40.2 Å². The van der Waals surface area contributed by atoms with Crippen LogP contribution in [0.2, 0.25) is 0 Å². The number of hydrogen-bond acceptors (Lipinski definition) is 11. The van der Waals surface area contributed by atoms with E-state index in [1.165, 1.54) is 70.3 Å². The van der Waals surface area contributed by atoms with Gasteiger partial charge in [-0.1, -0.05) is 116 Å². The quantitative estimate of drug-likeness (QED) is 0.0163. The van der Waals surface area contributed by atoms with Crippen LogP contribution in [-0.4, -0.2) is 75.8 Å². The second-order valence-corrected chi connectivity index (χ2v) is 18.9. The van der Waals surface area contributed by atoms with E-state index in [9.17, 15) is 23.8 Å². The fourth-order valence-corrected chi connectivity index (χ4v) is 8.05. The van der Waals surface area contributed by atoms with Crippen molar-refractivity contribution < 1.29 is 46.5 Å². The van der Waals surface area contributed by atoms with Crippen LogP contribution in [0.5, 0.6) is 0 Å². The van der Waals surface area contributed by atoms with Crippen LogP contribution in [0.25, 0.3) is 11.0 Å². The molecular formula is C44H74NO10PS. The lowest BCUT2D eigenvalue weighted by molar-refractivity contribution is -0.870. The number of nitrogens with zero attached hydrogens (tertiary/aromatic N) is 1. The number of benzene rings is 1. The molecule has 2 atom stereocenters. The summed E-state index contributed by atoms with van der Waals surface area (Å²) in [5, 5.41) is 0.958. The number of phosphoric acid groups is 1. The first-order chi connectivity index (χ1) is 27.3. The van der Waals surface area contributed by atoms with Gasteiger partial charge in [-0.05, 0) is 55.7 Å². The number of fused-ring (bicyclic) bond motifs is 1. The van der Waals surface area contributed by atoms with Gasteiger partial charge in [0.25, 0.3) is 7.82 Å². The maximum Gasteiger partial charge on any atom is 0.336 e. The molecule has 0 bridgehead atoms. The lowest BCUT2D eigenvalue weighted by Gasteiger charge is -2.28. The molecule has 0 saturated heterocycles. The Morgan fingerprint density at radius 2 is 1.30 bits per heavy atom. The summed E-state index contributed by atoms with van der Waals surface area (Å²) in [6.45, 7) is 3.80. The molecule has 1 heterocycles. The van der Waals surface area contributed by atoms with E-state index in [2.05, 4.69) is 13.0 Å². The van der Waals surface area contributed by atoms with Crippen molar-refractivity contribution in [3.63, 3.8) is 0 Å². The fourth-order valence-electron chi connectivity index (χ4n) is 6.38. The largest absolute Gasteiger partial charge is 0.756 e. The Morgan fingerprint density at radius 1 is 0.754 bits per heavy atom. The van der Waals surface area contributed by atoms with Crippen molar-refractivity contribution >= 4 is 42.5 Å². The Kier molecular flexibility index (Phi) is 26.7. The van der Waals surface area contributed by atoms with Crippen molar-refractivity contribution in [2.45, 2.75) is 166 Å². The highest BCUT2D eigenvalue weighted by molar-refractivity contribution is 7.99. The van der Waals surface area contributed by atoms with Crippen LogP contribution in [-0.2, 0) is 32.7 Å². The smallest absolute Gasteiger partial charge is 0.336 e. The molecule has 13 heteroatoms. The molecule has 0 aliphatic rings. The van der Waals surface area contributed by atoms with Gasteiger partial charge in [-0.15, -0.1) is 11.8 Å². The SMILES string of the molecule is CCCCCCCCCCCCCCCC(=O)OC[C@H](COP(=O)([O-])OCC[N+](C)(C)C)OC(=O)CCCCCCCCCSc1ccc2c(C)cc(=O)oc2c1. The van der Waals surface area contributed by atoms with Gasteiger partial charge < -0.3 is 32.3 Å². The Labute approximate surface area is 347 Å². The number of thioether (sulfide) groups is 1. The molecule has 1 unspecified atom stereocenters. The van der Waals surface area contributed by atoms with Crippen molar-refractivity contribution in [2.24, 2.45) is 0 Å². The average Bonchev–Trinajstić information content (AvgIpc) is 3.14. The van der Waals surface area contributed by atoms with Crippen molar-refractivity contribution in [3.8, 4) is 0 Å². The molecule has 0 radical (unpaired) electrons. The third-order valence-corrected chi connectivity index (χ3v) is 11.9. The maximum absolute atomic E-state index is 12.7. The molecule has 0 N–H and O–H groups in total. The van der Waals surface area contributed by atoms with Gasteiger partial charge in [0.15, 0.2) is 6.10 Å². The molecule has 0 saturated carbocycles. The number of likely N-dealkylation sites (N-methyl/N-ethyl adjacent to an activating group) is 1. The highest BCUT2D eigenvalue weighted by Gasteiger charge is 2.22. The first-order valence-corrected chi connectivity index (χ1v) is 24.2. The van der Waals surface area contributed by atoms with Gasteiger partial charge in [-0.25, -0.2) is 4.79 Å². The number of quaternary nitrogens is 1. The number of unbranched alkanes of at least 4 members (excludes halogenated alkanes) is 18. The Hall–Kier alpha value is -2.21. The second-order valence-electron chi connectivity index (χ2n) is 16.4. The number of carbonyl (C=O) groups is 2. The first kappa shape index (κ1) is 50.9. The molecular weight excluding hydrogens is 766 g/mol. The standard InChI is InChI=1S/C44H74NO10PS/c1-6-7-8-9-10-11-12-13-14-15-17-20-23-26-42(46)51-35-38(36-53-56(49,50)52-31-30-45(3,4)5)54-43(47)27-24-21-18-16-19-22-25-32-57-39-28-29-40-37(2)33-44(48)55-41(40)34-39/h28-29,33-34,38H,6-27,30-32,35-36H2,1-5H3/t38-/m1/s1. The van der Waals surface area contributed by atoms with E-state index in [4.69, 9.17) is 22.9 Å². The summed E-state index contributed by atoms with van der Waals surface area (Å²) in [6.07, 6.45) is 22.0. The van der Waals surface area contributed by atoms with Crippen molar-refractivity contribution in [3.05, 3.63) is 40.2 Å². The van der Waals surface area contributed by atoms with Crippen LogP contribution >= 0.6 is 19.6 Å². The zero-order chi connectivity index (χ0) is 41.8. The van der Waals surface area contributed by atoms with Crippen LogP contribution < -0.4 is 10.5 Å². The number of aryl methyl sites for hydroxylation is 1. The summed E-state index contributed by atoms with van der Waals surface area (Å²) >= 11 is 1.76. The van der Waals surface area contributed by atoms with Gasteiger partial charge >= 0.3 is 17.6 Å². The van der Waals surface area contributed by atoms with Gasteiger partial charge in [-0.2, -0.15) is 0 Å². The molecule has 1 aromatic carbocycles. The Bertz CT molecular complexity index is 1510. The number of phosphoric ester groups is 1. The van der Waals surface area contributed by atoms with Crippen molar-refractivity contribution in [1.29, 1.82) is 0 Å². The minimum absolute atomic E-state index is 0.0469. The van der Waals surface area contributed by atoms with Gasteiger partial charge in [0.1, 0.15) is 25.3 Å². The lowest BCUT2D eigenvalue weighted by atomic mass is 10.0. The normalized spacial score (nSPS) is 13.4. The molecule has 1 aromatic heterocycles. The minimum atomic E-state index is -4.65. The monoisotopic (exact) mass is 839 g/mol. The molecule has 0 aliphatic carbocycles. The van der Waals surface area contributed by atoms with Crippen LogP contribution in [0.3, 0.4) is 0 Å². The predicted molar refractivity (Wildman–Crippen MR) is 228 cm³/mol. The van der Waals surface area contributed by atoms with E-state index in [0.29, 0.717) is 23.0 Å². The third kappa shape index (κ3) is 26.5. The van der Waals surface area contributed by atoms with E-state index < -0.39 is 32.5 Å². The zero-order valence-corrected chi connectivity index (χ0v) is 37.6. The minimum Gasteiger partial charge on any atom is -0.756 e. The molecule has 11 nitrogen and oxygen atoms in total. The van der Waals surface area contributed by atoms with Gasteiger partial charge in [0, 0.05) is 29.2 Å². The first-order valence-electron chi connectivity index (χ1n) is 21.7. The Morgan fingerprint density at radius 3 is 1.88 bits per heavy atom. The molecule has 326 valence electrons. The highest BCUT2D eigenvalue weighted by atomic mass is 32.2. The predicted octanol–water partition coefficient (Wildman–Crippen LogP) is 10.5. The summed E-state index contributed by atoms with van der Waals surface area (Å²) in [4.78, 5) is 50.4. The van der Waals surface area contributed by atoms with Crippen LogP contribution in [0.4, 0.5) is 0 Å². The second kappa shape index (κ2) is 29.9. The van der Waals surface area contributed by atoms with Crippen molar-refractivity contribution in [2.75, 3.05) is 53.3 Å². The van der Waals surface area contributed by atoms with Gasteiger partial charge in [0.05, 0.1) is 27.7 Å². The summed E-state index contributed by atoms with van der Waals surface area (Å²) in [5.74, 6) is 0.0980. The number of ether oxygens (including phenoxy) is 2. The number of carbonyl (C=O) groups excluding carboxylic acids is 2. The number of esters is 2. The molecule has 2 rings (SSSR count). The third-order valence-electron chi connectivity index (χ3n) is 9.86. The molecule has 0 aliphatic heterocycles. The van der Waals surface area contributed by atoms with E-state index in [1.54, 1.807) is 11.8 Å². The van der Waals surface area contributed by atoms with Crippen LogP contribution in [0, 0.1) is 6.92 Å². The van der Waals surface area contributed by atoms with Crippen LogP contribution in [0.15, 0.2) is 38.4 Å². The highest BCUT2D eigenvalue weighted by Crippen LogP contribution is 2.38. The van der Waals surface area contributed by atoms with E-state index in [-0.39, 0.29) is 31.7 Å². The topological polar surface area (TPSA) is 141 Å². The zero-order valence-electron chi connectivity index (χ0n) is 35.9. The fraction of sp³-hybridized carbons (Fsp3) is 0.750. The molecule has 0 spiro atoms. The van der Waals surface area contributed by atoms with Gasteiger partial charge in [-0.3, -0.25) is 14.2 Å². The molecule has 57 heavy (non-hydrogen) atoms. The Balaban J connectivity index is 1.63. The lowest BCUT2D eigenvalue weighted by Crippen LogP contribution is -2.37. The van der Waals surface area contributed by atoms with Crippen molar-refractivity contribution in [1.82, 2.24) is 0 Å². The molecule has 0 amide bonds. The van der Waals surface area contributed by atoms with Gasteiger partial charge in [0.2, 0.25) is 0 Å². The summed E-state index contributed by atoms with van der Waals surface area (Å²) < 4.78 is 39.3. The summed E-state index contributed by atoms with van der Waals surface area (Å²) in [5.41, 5.74) is 1.22. The molecule has 0 fully saturated rings. The van der Waals surface area contributed by atoms with E-state index >= 15 is 0 Å². The number of hydrogen-bond donors (Lipinski definition) is 0. The number of rotatable bonds is 35. The maximum atomic E-state index is 12.7. The summed E-state index contributed by atoms with van der Waals surface area (Å²) in [7, 11) is 1.11. The van der Waals surface area contributed by atoms with E-state index in [0.717, 1.165) is 79.4 Å². The summed E-state index contributed by atoms with van der Waals surface area (Å²) in [6, 6.07) is 7.53. The van der Waals surface area contributed by atoms with Crippen LogP contribution in [0.1, 0.15) is 154 Å². The molecule has 2 aromatic rings. The average molecular weight is 840 g/mol.